The summed E-state index contributed by atoms with van der Waals surface area (Å²) < 4.78 is 0. The second kappa shape index (κ2) is 6.36. The van der Waals surface area contributed by atoms with Crippen molar-refractivity contribution in [3.63, 3.8) is 0 Å². The van der Waals surface area contributed by atoms with Crippen molar-refractivity contribution in [2.45, 2.75) is 19.3 Å². The van der Waals surface area contributed by atoms with Crippen molar-refractivity contribution in [2.24, 2.45) is 0 Å². The number of hydrogen-bond donors (Lipinski definition) is 0. The first kappa shape index (κ1) is 11.9. The molecule has 1 aromatic rings. The molecule has 0 radical (unpaired) electrons. The number of Topliss-reactive ketones (excluding diaryl/α,β-unsaturated/α-hetero) is 1. The van der Waals surface area contributed by atoms with Gasteiger partial charge in [0.15, 0.2) is 5.78 Å². The highest BCUT2D eigenvalue weighted by molar-refractivity contribution is 9.09. The smallest absolute Gasteiger partial charge is 0.162 e. The van der Waals surface area contributed by atoms with E-state index in [1.807, 2.05) is 6.07 Å². The van der Waals surface area contributed by atoms with Crippen molar-refractivity contribution in [2.75, 3.05) is 5.33 Å². The summed E-state index contributed by atoms with van der Waals surface area (Å²) in [6.07, 6.45) is 2.45. The van der Waals surface area contributed by atoms with Crippen LogP contribution in [-0.2, 0) is 0 Å². The summed E-state index contributed by atoms with van der Waals surface area (Å²) in [6, 6.07) is 8.89. The summed E-state index contributed by atoms with van der Waals surface area (Å²) in [5.74, 6) is 0.119. The maximum absolute atomic E-state index is 11.7. The number of halogens is 1. The molecule has 0 unspecified atom stereocenters. The minimum Gasteiger partial charge on any atom is -0.294 e. The molecule has 0 spiro atoms. The van der Waals surface area contributed by atoms with E-state index in [1.165, 1.54) is 0 Å². The zero-order valence-electron chi connectivity index (χ0n) is 8.37. The van der Waals surface area contributed by atoms with Crippen LogP contribution >= 0.6 is 15.9 Å². The molecule has 0 N–H and O–H groups in total. The Bertz CT molecular complexity index is 381. The SMILES string of the molecule is N#Cc1cccc(C(=O)CCCCBr)c1. The number of benzene rings is 1. The van der Waals surface area contributed by atoms with Crippen LogP contribution in [0.5, 0.6) is 0 Å². The van der Waals surface area contributed by atoms with E-state index in [9.17, 15) is 4.79 Å². The van der Waals surface area contributed by atoms with Crippen molar-refractivity contribution in [3.05, 3.63) is 35.4 Å². The maximum atomic E-state index is 11.7. The fourth-order valence-corrected chi connectivity index (χ4v) is 1.68. The van der Waals surface area contributed by atoms with E-state index in [-0.39, 0.29) is 5.78 Å². The molecule has 0 saturated heterocycles. The average Bonchev–Trinajstić information content (AvgIpc) is 2.29. The molecule has 0 fully saturated rings. The van der Waals surface area contributed by atoms with E-state index < -0.39 is 0 Å². The molecule has 0 aromatic heterocycles. The van der Waals surface area contributed by atoms with Gasteiger partial charge in [-0.1, -0.05) is 28.1 Å². The van der Waals surface area contributed by atoms with Crippen molar-refractivity contribution >= 4 is 21.7 Å². The number of alkyl halides is 1. The molecular weight excluding hydrogens is 254 g/mol. The number of carbonyl (C=O) groups excluding carboxylic acids is 1. The van der Waals surface area contributed by atoms with Gasteiger partial charge in [-0.25, -0.2) is 0 Å². The van der Waals surface area contributed by atoms with Gasteiger partial charge in [-0.3, -0.25) is 4.79 Å². The summed E-state index contributed by atoms with van der Waals surface area (Å²) in [4.78, 5) is 11.7. The third-order valence-corrected chi connectivity index (χ3v) is 2.66. The van der Waals surface area contributed by atoms with Crippen molar-refractivity contribution in [1.82, 2.24) is 0 Å². The Morgan fingerprint density at radius 3 is 2.87 bits per heavy atom. The number of unbranched alkanes of at least 4 members (excludes halogenated alkanes) is 1. The largest absolute Gasteiger partial charge is 0.294 e. The average molecular weight is 266 g/mol. The molecule has 0 amide bonds. The van der Waals surface area contributed by atoms with Crippen LogP contribution in [0.2, 0.25) is 0 Å². The summed E-state index contributed by atoms with van der Waals surface area (Å²) in [5, 5.41) is 9.62. The van der Waals surface area contributed by atoms with E-state index in [0.29, 0.717) is 17.5 Å². The van der Waals surface area contributed by atoms with Gasteiger partial charge in [-0.2, -0.15) is 5.26 Å². The van der Waals surface area contributed by atoms with Crippen molar-refractivity contribution < 1.29 is 4.79 Å². The predicted molar refractivity (Wildman–Crippen MR) is 63.1 cm³/mol. The Morgan fingerprint density at radius 1 is 1.40 bits per heavy atom. The molecule has 0 aliphatic heterocycles. The Morgan fingerprint density at radius 2 is 2.20 bits per heavy atom. The van der Waals surface area contributed by atoms with Crippen LogP contribution in [0.1, 0.15) is 35.2 Å². The van der Waals surface area contributed by atoms with E-state index in [0.717, 1.165) is 18.2 Å². The third-order valence-electron chi connectivity index (χ3n) is 2.10. The first-order valence-corrected chi connectivity index (χ1v) is 5.99. The number of hydrogen-bond acceptors (Lipinski definition) is 2. The Kier molecular flexibility index (Phi) is 5.06. The molecule has 1 aromatic carbocycles. The minimum atomic E-state index is 0.119. The number of nitrogens with zero attached hydrogens (tertiary/aromatic N) is 1. The molecule has 0 heterocycles. The van der Waals surface area contributed by atoms with E-state index in [4.69, 9.17) is 5.26 Å². The zero-order valence-corrected chi connectivity index (χ0v) is 9.96. The van der Waals surface area contributed by atoms with Gasteiger partial charge in [-0.15, -0.1) is 0 Å². The normalized spacial score (nSPS) is 9.60. The highest BCUT2D eigenvalue weighted by Crippen LogP contribution is 2.09. The second-order valence-corrected chi connectivity index (χ2v) is 4.05. The molecule has 2 nitrogen and oxygen atoms in total. The van der Waals surface area contributed by atoms with Gasteiger partial charge in [0.25, 0.3) is 0 Å². The summed E-state index contributed by atoms with van der Waals surface area (Å²) in [5.41, 5.74) is 1.19. The second-order valence-electron chi connectivity index (χ2n) is 3.26. The molecule has 78 valence electrons. The van der Waals surface area contributed by atoms with Gasteiger partial charge in [0.05, 0.1) is 11.6 Å². The molecule has 0 bridgehead atoms. The number of carbonyl (C=O) groups is 1. The Labute approximate surface area is 98.0 Å². The molecule has 1 rings (SSSR count). The van der Waals surface area contributed by atoms with Gasteiger partial charge in [0, 0.05) is 17.3 Å². The first-order valence-electron chi connectivity index (χ1n) is 4.87. The van der Waals surface area contributed by atoms with Crippen LogP contribution in [0.3, 0.4) is 0 Å². The van der Waals surface area contributed by atoms with Crippen LogP contribution < -0.4 is 0 Å². The number of rotatable bonds is 5. The van der Waals surface area contributed by atoms with Gasteiger partial charge in [0.2, 0.25) is 0 Å². The highest BCUT2D eigenvalue weighted by atomic mass is 79.9. The van der Waals surface area contributed by atoms with E-state index >= 15 is 0 Å². The van der Waals surface area contributed by atoms with Gasteiger partial charge < -0.3 is 0 Å². The van der Waals surface area contributed by atoms with Gasteiger partial charge in [0.1, 0.15) is 0 Å². The first-order chi connectivity index (χ1) is 7.27. The highest BCUT2D eigenvalue weighted by Gasteiger charge is 2.05. The van der Waals surface area contributed by atoms with Gasteiger partial charge in [-0.05, 0) is 25.0 Å². The molecular formula is C12H12BrNO. The van der Waals surface area contributed by atoms with Crippen molar-refractivity contribution in [3.8, 4) is 6.07 Å². The molecule has 3 heteroatoms. The van der Waals surface area contributed by atoms with E-state index in [1.54, 1.807) is 24.3 Å². The van der Waals surface area contributed by atoms with Crippen LogP contribution in [0.25, 0.3) is 0 Å². The Hall–Kier alpha value is -1.14. The predicted octanol–water partition coefficient (Wildman–Crippen LogP) is 3.31. The van der Waals surface area contributed by atoms with E-state index in [2.05, 4.69) is 15.9 Å². The Balaban J connectivity index is 2.62. The third kappa shape index (κ3) is 3.85. The number of nitriles is 1. The molecule has 0 atom stereocenters. The molecule has 0 aliphatic carbocycles. The topological polar surface area (TPSA) is 40.9 Å². The fourth-order valence-electron chi connectivity index (χ4n) is 1.29. The quantitative estimate of drug-likeness (QED) is 0.466. The van der Waals surface area contributed by atoms with Crippen LogP contribution in [-0.4, -0.2) is 11.1 Å². The van der Waals surface area contributed by atoms with Crippen LogP contribution in [0.4, 0.5) is 0 Å². The summed E-state index contributed by atoms with van der Waals surface area (Å²) in [6.45, 7) is 0. The lowest BCUT2D eigenvalue weighted by Crippen LogP contribution is -1.99. The monoisotopic (exact) mass is 265 g/mol. The lowest BCUT2D eigenvalue weighted by molar-refractivity contribution is 0.0980. The fraction of sp³-hybridized carbons (Fsp3) is 0.333. The maximum Gasteiger partial charge on any atom is 0.162 e. The number of ketones is 1. The van der Waals surface area contributed by atoms with Crippen LogP contribution in [0.15, 0.2) is 24.3 Å². The molecule has 0 saturated carbocycles. The standard InChI is InChI=1S/C12H12BrNO/c13-7-2-1-6-12(15)11-5-3-4-10(8-11)9-14/h3-5,8H,1-2,6-7H2. The zero-order chi connectivity index (χ0) is 11.1. The summed E-state index contributed by atoms with van der Waals surface area (Å²) in [7, 11) is 0. The minimum absolute atomic E-state index is 0.119. The lowest BCUT2D eigenvalue weighted by Gasteiger charge is -2.00. The van der Waals surface area contributed by atoms with Crippen molar-refractivity contribution in [1.29, 1.82) is 5.26 Å². The van der Waals surface area contributed by atoms with Crippen LogP contribution in [0, 0.1) is 11.3 Å². The van der Waals surface area contributed by atoms with Gasteiger partial charge >= 0.3 is 0 Å². The molecule has 15 heavy (non-hydrogen) atoms. The molecule has 0 aliphatic rings. The summed E-state index contributed by atoms with van der Waals surface area (Å²) >= 11 is 3.32. The lowest BCUT2D eigenvalue weighted by atomic mass is 10.0.